The van der Waals surface area contributed by atoms with E-state index in [4.69, 9.17) is 4.84 Å². The predicted molar refractivity (Wildman–Crippen MR) is 75.2 cm³/mol. The van der Waals surface area contributed by atoms with Gasteiger partial charge in [-0.05, 0) is 33.3 Å². The zero-order valence-electron chi connectivity index (χ0n) is 11.6. The van der Waals surface area contributed by atoms with Gasteiger partial charge < -0.3 is 5.32 Å². The Morgan fingerprint density at radius 1 is 1.17 bits per heavy atom. The summed E-state index contributed by atoms with van der Waals surface area (Å²) < 4.78 is 0. The minimum Gasteiger partial charge on any atom is -0.352 e. The molecule has 0 spiro atoms. The molecule has 1 aromatic rings. The maximum absolute atomic E-state index is 5.44. The largest absolute Gasteiger partial charge is 0.352 e. The van der Waals surface area contributed by atoms with Crippen LogP contribution in [0, 0.1) is 0 Å². The van der Waals surface area contributed by atoms with Gasteiger partial charge in [0.25, 0.3) is 0 Å². The summed E-state index contributed by atoms with van der Waals surface area (Å²) in [4.78, 5) is 9.86. The Hall–Kier alpha value is -1.55. The first-order valence-corrected chi connectivity index (χ1v) is 6.34. The van der Waals surface area contributed by atoms with E-state index in [2.05, 4.69) is 29.6 Å². The molecule has 0 aromatic heterocycles. The highest BCUT2D eigenvalue weighted by molar-refractivity contribution is 5.79. The van der Waals surface area contributed by atoms with Gasteiger partial charge in [-0.25, -0.2) is 10.5 Å². The third-order valence-corrected chi connectivity index (χ3v) is 2.06. The van der Waals surface area contributed by atoms with Gasteiger partial charge >= 0.3 is 0 Å². The van der Waals surface area contributed by atoms with E-state index < -0.39 is 0 Å². The molecule has 1 rings (SSSR count). The second-order valence-corrected chi connectivity index (χ2v) is 4.75. The van der Waals surface area contributed by atoms with Crippen LogP contribution in [0.15, 0.2) is 35.3 Å². The SMILES string of the molecule is CC(C)N=C(NOCc1ccccc1)NC(C)C. The van der Waals surface area contributed by atoms with E-state index in [9.17, 15) is 0 Å². The number of benzene rings is 1. The van der Waals surface area contributed by atoms with Crippen molar-refractivity contribution in [3.05, 3.63) is 35.9 Å². The first-order valence-electron chi connectivity index (χ1n) is 6.34. The Morgan fingerprint density at radius 3 is 2.39 bits per heavy atom. The standard InChI is InChI=1S/C14H23N3O/c1-11(2)15-14(16-12(3)4)17-18-10-13-8-6-5-7-9-13/h5-9,11-12H,10H2,1-4H3,(H2,15,16,17). The molecule has 0 bridgehead atoms. The number of hydrogen-bond donors (Lipinski definition) is 2. The summed E-state index contributed by atoms with van der Waals surface area (Å²) in [6.07, 6.45) is 0. The highest BCUT2D eigenvalue weighted by Gasteiger charge is 2.02. The van der Waals surface area contributed by atoms with Gasteiger partial charge in [-0.1, -0.05) is 30.3 Å². The van der Waals surface area contributed by atoms with Gasteiger partial charge in [-0.3, -0.25) is 4.84 Å². The lowest BCUT2D eigenvalue weighted by Gasteiger charge is -2.15. The van der Waals surface area contributed by atoms with Crippen LogP contribution in [-0.2, 0) is 11.4 Å². The normalized spacial score (nSPS) is 12.0. The maximum Gasteiger partial charge on any atom is 0.216 e. The predicted octanol–water partition coefficient (Wildman–Crippen LogP) is 2.47. The minimum absolute atomic E-state index is 0.221. The molecule has 1 aromatic carbocycles. The molecule has 0 unspecified atom stereocenters. The number of nitrogens with zero attached hydrogens (tertiary/aromatic N) is 1. The quantitative estimate of drug-likeness (QED) is 0.479. The molecule has 0 saturated carbocycles. The topological polar surface area (TPSA) is 45.7 Å². The van der Waals surface area contributed by atoms with Gasteiger partial charge in [0.2, 0.25) is 5.96 Å². The summed E-state index contributed by atoms with van der Waals surface area (Å²) >= 11 is 0. The fourth-order valence-corrected chi connectivity index (χ4v) is 1.39. The number of hydrogen-bond acceptors (Lipinski definition) is 2. The van der Waals surface area contributed by atoms with E-state index in [0.717, 1.165) is 5.56 Å². The van der Waals surface area contributed by atoms with Crippen molar-refractivity contribution in [1.82, 2.24) is 10.8 Å². The molecule has 18 heavy (non-hydrogen) atoms. The molecule has 0 aliphatic rings. The number of guanidine groups is 1. The van der Waals surface area contributed by atoms with Crippen molar-refractivity contribution in [2.75, 3.05) is 0 Å². The maximum atomic E-state index is 5.44. The summed E-state index contributed by atoms with van der Waals surface area (Å²) in [6.45, 7) is 8.70. The Kier molecular flexibility index (Phi) is 6.22. The Balaban J connectivity index is 2.42. The molecular formula is C14H23N3O. The van der Waals surface area contributed by atoms with Crippen molar-refractivity contribution in [3.63, 3.8) is 0 Å². The van der Waals surface area contributed by atoms with E-state index >= 15 is 0 Å². The van der Waals surface area contributed by atoms with Crippen LogP contribution >= 0.6 is 0 Å². The monoisotopic (exact) mass is 249 g/mol. The van der Waals surface area contributed by atoms with Crippen LogP contribution in [0.4, 0.5) is 0 Å². The molecule has 0 amide bonds. The van der Waals surface area contributed by atoms with Crippen LogP contribution < -0.4 is 10.8 Å². The van der Waals surface area contributed by atoms with Crippen molar-refractivity contribution in [2.24, 2.45) is 4.99 Å². The Labute approximate surface area is 109 Å². The summed E-state index contributed by atoms with van der Waals surface area (Å²) in [5.41, 5.74) is 3.99. The number of aliphatic imine (C=N–C) groups is 1. The van der Waals surface area contributed by atoms with Crippen LogP contribution in [0.25, 0.3) is 0 Å². The summed E-state index contributed by atoms with van der Waals surface area (Å²) in [5, 5.41) is 3.21. The average Bonchev–Trinajstić information content (AvgIpc) is 2.28. The van der Waals surface area contributed by atoms with E-state index in [1.807, 2.05) is 44.2 Å². The fourth-order valence-electron chi connectivity index (χ4n) is 1.39. The fraction of sp³-hybridized carbons (Fsp3) is 0.500. The zero-order valence-corrected chi connectivity index (χ0v) is 11.6. The van der Waals surface area contributed by atoms with Crippen LogP contribution in [-0.4, -0.2) is 18.0 Å². The molecule has 0 heterocycles. The van der Waals surface area contributed by atoms with Crippen LogP contribution in [0.5, 0.6) is 0 Å². The molecule has 2 N–H and O–H groups in total. The van der Waals surface area contributed by atoms with Gasteiger partial charge in [-0.2, -0.15) is 0 Å². The van der Waals surface area contributed by atoms with Crippen molar-refractivity contribution < 1.29 is 4.84 Å². The molecule has 0 aliphatic heterocycles. The summed E-state index contributed by atoms with van der Waals surface area (Å²) in [7, 11) is 0. The zero-order chi connectivity index (χ0) is 13.4. The summed E-state index contributed by atoms with van der Waals surface area (Å²) in [6, 6.07) is 10.6. The third-order valence-electron chi connectivity index (χ3n) is 2.06. The molecular weight excluding hydrogens is 226 g/mol. The van der Waals surface area contributed by atoms with Gasteiger partial charge in [0, 0.05) is 12.1 Å². The van der Waals surface area contributed by atoms with E-state index in [0.29, 0.717) is 18.6 Å². The first kappa shape index (κ1) is 14.5. The van der Waals surface area contributed by atoms with Crippen molar-refractivity contribution in [3.8, 4) is 0 Å². The number of rotatable bonds is 5. The highest BCUT2D eigenvalue weighted by Crippen LogP contribution is 1.99. The number of hydroxylamine groups is 1. The number of nitrogens with one attached hydrogen (secondary N) is 2. The lowest BCUT2D eigenvalue weighted by Crippen LogP contribution is -2.41. The molecule has 0 atom stereocenters. The van der Waals surface area contributed by atoms with Crippen LogP contribution in [0.2, 0.25) is 0 Å². The second-order valence-electron chi connectivity index (χ2n) is 4.75. The molecule has 0 saturated heterocycles. The van der Waals surface area contributed by atoms with Gasteiger partial charge in [0.1, 0.15) is 0 Å². The Morgan fingerprint density at radius 2 is 1.83 bits per heavy atom. The molecule has 0 radical (unpaired) electrons. The first-order chi connectivity index (χ1) is 8.58. The molecule has 0 aliphatic carbocycles. The van der Waals surface area contributed by atoms with E-state index in [1.165, 1.54) is 0 Å². The van der Waals surface area contributed by atoms with Gasteiger partial charge in [-0.15, -0.1) is 0 Å². The lowest BCUT2D eigenvalue weighted by molar-refractivity contribution is 0.0680. The smallest absolute Gasteiger partial charge is 0.216 e. The molecule has 4 nitrogen and oxygen atoms in total. The third kappa shape index (κ3) is 6.25. The highest BCUT2D eigenvalue weighted by atomic mass is 16.6. The Bertz CT molecular complexity index is 361. The molecule has 0 fully saturated rings. The van der Waals surface area contributed by atoms with Crippen LogP contribution in [0.1, 0.15) is 33.3 Å². The van der Waals surface area contributed by atoms with Gasteiger partial charge in [0.15, 0.2) is 0 Å². The summed E-state index contributed by atoms with van der Waals surface area (Å²) in [5.74, 6) is 0.677. The second kappa shape index (κ2) is 7.71. The molecule has 4 heteroatoms. The van der Waals surface area contributed by atoms with E-state index in [-0.39, 0.29) is 6.04 Å². The molecule has 100 valence electrons. The van der Waals surface area contributed by atoms with Crippen molar-refractivity contribution in [2.45, 2.75) is 46.4 Å². The van der Waals surface area contributed by atoms with Crippen molar-refractivity contribution in [1.29, 1.82) is 0 Å². The lowest BCUT2D eigenvalue weighted by atomic mass is 10.2. The average molecular weight is 249 g/mol. The van der Waals surface area contributed by atoms with Crippen LogP contribution in [0.3, 0.4) is 0 Å². The van der Waals surface area contributed by atoms with Gasteiger partial charge in [0.05, 0.1) is 6.61 Å². The minimum atomic E-state index is 0.221. The van der Waals surface area contributed by atoms with Crippen molar-refractivity contribution >= 4 is 5.96 Å². The van der Waals surface area contributed by atoms with E-state index in [1.54, 1.807) is 0 Å².